The van der Waals surface area contributed by atoms with E-state index in [1.807, 2.05) is 13.0 Å². The van der Waals surface area contributed by atoms with E-state index in [1.54, 1.807) is 6.08 Å². The van der Waals surface area contributed by atoms with Crippen molar-refractivity contribution in [1.29, 1.82) is 0 Å². The lowest BCUT2D eigenvalue weighted by atomic mass is 10.4. The Kier molecular flexibility index (Phi) is 4.50. The molecule has 0 aromatic rings. The van der Waals surface area contributed by atoms with Crippen LogP contribution in [0, 0.1) is 0 Å². The summed E-state index contributed by atoms with van der Waals surface area (Å²) in [6.07, 6.45) is 4.45. The van der Waals surface area contributed by atoms with Crippen LogP contribution < -0.4 is 0 Å². The molecule has 52 valence electrons. The molecule has 0 atom stereocenters. The minimum Gasteiger partial charge on any atom is -0.211 e. The first-order valence-corrected chi connectivity index (χ1v) is 3.35. The second-order valence-corrected chi connectivity index (χ2v) is 2.21. The van der Waals surface area contributed by atoms with E-state index in [1.165, 1.54) is 6.92 Å². The highest BCUT2D eigenvalue weighted by molar-refractivity contribution is 7.84. The minimum absolute atomic E-state index is 0.233. The summed E-state index contributed by atoms with van der Waals surface area (Å²) in [4.78, 5) is 0.414. The molecule has 0 rings (SSSR count). The highest BCUT2D eigenvalue weighted by Gasteiger charge is 1.87. The SMILES string of the molecule is CC/C=C\C(S)=C(/C)F. The zero-order chi connectivity index (χ0) is 7.28. The number of rotatable bonds is 2. The zero-order valence-corrected chi connectivity index (χ0v) is 6.58. The zero-order valence-electron chi connectivity index (χ0n) is 5.69. The molecular weight excluding hydrogens is 135 g/mol. The Labute approximate surface area is 60.9 Å². The van der Waals surface area contributed by atoms with Gasteiger partial charge < -0.3 is 0 Å². The standard InChI is InChI=1S/C7H11FS/c1-3-4-5-7(9)6(2)8/h4-5,9H,3H2,1-2H3/b5-4-,7-6-. The van der Waals surface area contributed by atoms with Crippen LogP contribution in [0.1, 0.15) is 20.3 Å². The van der Waals surface area contributed by atoms with Gasteiger partial charge in [0.25, 0.3) is 0 Å². The molecule has 0 aliphatic rings. The van der Waals surface area contributed by atoms with Crippen LogP contribution in [0.5, 0.6) is 0 Å². The molecule has 0 spiro atoms. The minimum atomic E-state index is -0.233. The van der Waals surface area contributed by atoms with Crippen molar-refractivity contribution >= 4 is 12.6 Å². The van der Waals surface area contributed by atoms with Gasteiger partial charge in [-0.15, -0.1) is 12.6 Å². The predicted octanol–water partition coefficient (Wildman–Crippen LogP) is 3.08. The third-order valence-corrected chi connectivity index (χ3v) is 1.32. The Bertz CT molecular complexity index is 132. The van der Waals surface area contributed by atoms with E-state index in [0.717, 1.165) is 6.42 Å². The van der Waals surface area contributed by atoms with Gasteiger partial charge in [0, 0.05) is 4.91 Å². The van der Waals surface area contributed by atoms with Gasteiger partial charge in [0.15, 0.2) is 0 Å². The smallest absolute Gasteiger partial charge is 0.110 e. The molecule has 0 unspecified atom stereocenters. The van der Waals surface area contributed by atoms with Crippen molar-refractivity contribution in [3.05, 3.63) is 22.9 Å². The summed E-state index contributed by atoms with van der Waals surface area (Å²) in [5.41, 5.74) is 0. The van der Waals surface area contributed by atoms with Crippen molar-refractivity contribution in [3.63, 3.8) is 0 Å². The number of allylic oxidation sites excluding steroid dienone is 3. The molecule has 0 bridgehead atoms. The van der Waals surface area contributed by atoms with E-state index in [2.05, 4.69) is 12.6 Å². The molecule has 0 aromatic heterocycles. The molecule has 0 aromatic carbocycles. The van der Waals surface area contributed by atoms with Crippen LogP contribution in [0.25, 0.3) is 0 Å². The first kappa shape index (κ1) is 8.76. The first-order chi connectivity index (χ1) is 4.18. The molecular formula is C7H11FS. The van der Waals surface area contributed by atoms with Crippen molar-refractivity contribution in [3.8, 4) is 0 Å². The Hall–Kier alpha value is -0.240. The van der Waals surface area contributed by atoms with E-state index in [0.29, 0.717) is 4.91 Å². The fourth-order valence-electron chi connectivity index (χ4n) is 0.344. The second-order valence-electron chi connectivity index (χ2n) is 1.73. The molecule has 0 N–H and O–H groups in total. The lowest BCUT2D eigenvalue weighted by Crippen LogP contribution is -1.66. The largest absolute Gasteiger partial charge is 0.211 e. The molecule has 0 aliphatic heterocycles. The number of halogens is 1. The molecule has 0 saturated carbocycles. The van der Waals surface area contributed by atoms with Gasteiger partial charge in [-0.05, 0) is 13.3 Å². The summed E-state index contributed by atoms with van der Waals surface area (Å²) >= 11 is 3.88. The van der Waals surface area contributed by atoms with Crippen molar-refractivity contribution in [2.45, 2.75) is 20.3 Å². The highest BCUT2D eigenvalue weighted by atomic mass is 32.1. The maximum absolute atomic E-state index is 12.2. The highest BCUT2D eigenvalue weighted by Crippen LogP contribution is 2.10. The normalized spacial score (nSPS) is 14.2. The molecule has 2 heteroatoms. The molecule has 0 heterocycles. The third kappa shape index (κ3) is 4.28. The maximum atomic E-state index is 12.2. The van der Waals surface area contributed by atoms with Crippen LogP contribution in [0.2, 0.25) is 0 Å². The topological polar surface area (TPSA) is 0 Å². The van der Waals surface area contributed by atoms with Gasteiger partial charge in [-0.3, -0.25) is 0 Å². The lowest BCUT2D eigenvalue weighted by Gasteiger charge is -1.88. The van der Waals surface area contributed by atoms with E-state index in [9.17, 15) is 4.39 Å². The van der Waals surface area contributed by atoms with E-state index >= 15 is 0 Å². The molecule has 0 saturated heterocycles. The number of hydrogen-bond donors (Lipinski definition) is 1. The van der Waals surface area contributed by atoms with Gasteiger partial charge in [0.05, 0.1) is 0 Å². The summed E-state index contributed by atoms with van der Waals surface area (Å²) in [6.45, 7) is 3.38. The fraction of sp³-hybridized carbons (Fsp3) is 0.429. The van der Waals surface area contributed by atoms with Crippen LogP contribution >= 0.6 is 12.6 Å². The molecule has 9 heavy (non-hydrogen) atoms. The summed E-state index contributed by atoms with van der Waals surface area (Å²) in [6, 6.07) is 0. The van der Waals surface area contributed by atoms with Gasteiger partial charge in [-0.1, -0.05) is 19.1 Å². The van der Waals surface area contributed by atoms with Crippen LogP contribution in [0.3, 0.4) is 0 Å². The lowest BCUT2D eigenvalue weighted by molar-refractivity contribution is 0.638. The van der Waals surface area contributed by atoms with Crippen LogP contribution in [-0.4, -0.2) is 0 Å². The van der Waals surface area contributed by atoms with E-state index in [-0.39, 0.29) is 5.83 Å². The monoisotopic (exact) mass is 146 g/mol. The molecule has 0 aliphatic carbocycles. The Balaban J connectivity index is 3.91. The Morgan fingerprint density at radius 2 is 2.22 bits per heavy atom. The molecule has 0 nitrogen and oxygen atoms in total. The average Bonchev–Trinajstić information content (AvgIpc) is 1.82. The van der Waals surface area contributed by atoms with Crippen molar-refractivity contribution in [2.75, 3.05) is 0 Å². The Morgan fingerprint density at radius 1 is 1.67 bits per heavy atom. The van der Waals surface area contributed by atoms with Gasteiger partial charge in [0.1, 0.15) is 5.83 Å². The second kappa shape index (κ2) is 4.62. The van der Waals surface area contributed by atoms with Gasteiger partial charge in [-0.25, -0.2) is 4.39 Å². The van der Waals surface area contributed by atoms with Crippen LogP contribution in [-0.2, 0) is 0 Å². The fourth-order valence-corrected chi connectivity index (χ4v) is 0.450. The molecule has 0 fully saturated rings. The quantitative estimate of drug-likeness (QED) is 0.449. The van der Waals surface area contributed by atoms with Gasteiger partial charge in [-0.2, -0.15) is 0 Å². The van der Waals surface area contributed by atoms with Crippen LogP contribution in [0.4, 0.5) is 4.39 Å². The van der Waals surface area contributed by atoms with Gasteiger partial charge in [0.2, 0.25) is 0 Å². The maximum Gasteiger partial charge on any atom is 0.110 e. The number of thiol groups is 1. The summed E-state index contributed by atoms with van der Waals surface area (Å²) in [5.74, 6) is -0.233. The van der Waals surface area contributed by atoms with Crippen LogP contribution in [0.15, 0.2) is 22.9 Å². The summed E-state index contributed by atoms with van der Waals surface area (Å²) in [7, 11) is 0. The molecule has 0 amide bonds. The van der Waals surface area contributed by atoms with Crippen molar-refractivity contribution < 1.29 is 4.39 Å². The van der Waals surface area contributed by atoms with E-state index < -0.39 is 0 Å². The number of hydrogen-bond acceptors (Lipinski definition) is 1. The summed E-state index contributed by atoms with van der Waals surface area (Å²) < 4.78 is 12.2. The van der Waals surface area contributed by atoms with Crippen molar-refractivity contribution in [1.82, 2.24) is 0 Å². The van der Waals surface area contributed by atoms with Crippen molar-refractivity contribution in [2.24, 2.45) is 0 Å². The van der Waals surface area contributed by atoms with E-state index in [4.69, 9.17) is 0 Å². The molecule has 0 radical (unpaired) electrons. The van der Waals surface area contributed by atoms with Gasteiger partial charge >= 0.3 is 0 Å². The first-order valence-electron chi connectivity index (χ1n) is 2.90. The summed E-state index contributed by atoms with van der Waals surface area (Å²) in [5, 5.41) is 0. The average molecular weight is 146 g/mol. The third-order valence-electron chi connectivity index (χ3n) is 0.864. The Morgan fingerprint density at radius 3 is 2.56 bits per heavy atom. The predicted molar refractivity (Wildman–Crippen MR) is 42.2 cm³/mol.